The Morgan fingerprint density at radius 1 is 1.21 bits per heavy atom. The summed E-state index contributed by atoms with van der Waals surface area (Å²) in [5.41, 5.74) is 5.66. The third-order valence-corrected chi connectivity index (χ3v) is 2.86. The fourth-order valence-corrected chi connectivity index (χ4v) is 1.47. The lowest BCUT2D eigenvalue weighted by Gasteiger charge is -2.25. The molecule has 0 aliphatic heterocycles. The van der Waals surface area contributed by atoms with Gasteiger partial charge in [-0.2, -0.15) is 0 Å². The van der Waals surface area contributed by atoms with Crippen LogP contribution < -0.4 is 21.7 Å². The summed E-state index contributed by atoms with van der Waals surface area (Å²) in [7, 11) is 1.57. The van der Waals surface area contributed by atoms with Gasteiger partial charge in [0, 0.05) is 0 Å². The molecule has 0 aromatic heterocycles. The normalized spacial score (nSPS) is 15.7. The van der Waals surface area contributed by atoms with Crippen molar-refractivity contribution in [3.63, 3.8) is 0 Å². The van der Waals surface area contributed by atoms with Crippen molar-refractivity contribution in [3.05, 3.63) is 0 Å². The number of likely N-dealkylation sites (N-methyl/N-ethyl adjacent to an activating group) is 1. The minimum Gasteiger partial charge on any atom is -0.394 e. The smallest absolute Gasteiger partial charge is 0.244 e. The lowest BCUT2D eigenvalue weighted by molar-refractivity contribution is -0.131. The number of carbonyl (C=O) groups excluding carboxylic acids is 2. The van der Waals surface area contributed by atoms with Crippen molar-refractivity contribution >= 4 is 11.8 Å². The van der Waals surface area contributed by atoms with Crippen LogP contribution in [0.2, 0.25) is 0 Å². The Labute approximate surface area is 114 Å². The van der Waals surface area contributed by atoms with Gasteiger partial charge in [0.1, 0.15) is 12.1 Å². The third kappa shape index (κ3) is 6.00. The molecule has 0 aromatic carbocycles. The van der Waals surface area contributed by atoms with Gasteiger partial charge in [-0.3, -0.25) is 9.59 Å². The van der Waals surface area contributed by atoms with E-state index in [1.54, 1.807) is 7.05 Å². The molecule has 6 N–H and O–H groups in total. The predicted octanol–water partition coefficient (Wildman–Crippen LogP) is -1.48. The van der Waals surface area contributed by atoms with Crippen LogP contribution in [0.25, 0.3) is 0 Å². The first kappa shape index (κ1) is 17.8. The number of aliphatic hydroxyl groups is 1. The van der Waals surface area contributed by atoms with Crippen molar-refractivity contribution in [2.24, 2.45) is 11.7 Å². The van der Waals surface area contributed by atoms with E-state index in [4.69, 9.17) is 10.8 Å². The highest BCUT2D eigenvalue weighted by molar-refractivity contribution is 5.90. The highest BCUT2D eigenvalue weighted by Crippen LogP contribution is 2.03. The van der Waals surface area contributed by atoms with Gasteiger partial charge in [0.2, 0.25) is 11.8 Å². The van der Waals surface area contributed by atoms with E-state index in [1.807, 2.05) is 20.8 Å². The summed E-state index contributed by atoms with van der Waals surface area (Å²) in [5.74, 6) is -0.807. The number of aliphatic hydroxyl groups excluding tert-OH is 1. The van der Waals surface area contributed by atoms with E-state index in [0.29, 0.717) is 6.42 Å². The van der Waals surface area contributed by atoms with E-state index < -0.39 is 24.2 Å². The third-order valence-electron chi connectivity index (χ3n) is 2.86. The van der Waals surface area contributed by atoms with Gasteiger partial charge in [-0.15, -0.1) is 0 Å². The van der Waals surface area contributed by atoms with Gasteiger partial charge in [0.05, 0.1) is 12.8 Å². The van der Waals surface area contributed by atoms with Crippen molar-refractivity contribution in [1.29, 1.82) is 0 Å². The Kier molecular flexibility index (Phi) is 8.29. The molecule has 0 rings (SSSR count). The van der Waals surface area contributed by atoms with Crippen LogP contribution in [-0.2, 0) is 9.59 Å². The molecule has 0 aliphatic rings. The minimum absolute atomic E-state index is 0.0794. The van der Waals surface area contributed by atoms with Gasteiger partial charge in [-0.25, -0.2) is 0 Å². The molecule has 2 amide bonds. The standard InChI is InChI=1S/C12H26N4O3/c1-5-9(13)15-12(19)10(7(2)3)16-11(18)8(6-17)14-4/h7-10,14,17H,5-6,13H2,1-4H3,(H,15,19)(H,16,18)/t8?,9-,10-/m0/s1. The second kappa shape index (κ2) is 8.84. The molecule has 0 saturated carbocycles. The second-order valence-corrected chi connectivity index (χ2v) is 4.78. The van der Waals surface area contributed by atoms with Crippen LogP contribution in [0.1, 0.15) is 27.2 Å². The number of hydrogen-bond donors (Lipinski definition) is 5. The lowest BCUT2D eigenvalue weighted by atomic mass is 10.0. The van der Waals surface area contributed by atoms with Crippen LogP contribution >= 0.6 is 0 Å². The summed E-state index contributed by atoms with van der Waals surface area (Å²) in [4.78, 5) is 23.8. The SMILES string of the molecule is CC[C@@H](N)NC(=O)[C@@H](NC(=O)C(CO)NC)C(C)C. The van der Waals surface area contributed by atoms with E-state index >= 15 is 0 Å². The lowest BCUT2D eigenvalue weighted by Crippen LogP contribution is -2.57. The van der Waals surface area contributed by atoms with Gasteiger partial charge in [-0.1, -0.05) is 20.8 Å². The largest absolute Gasteiger partial charge is 0.394 e. The van der Waals surface area contributed by atoms with Crippen LogP contribution in [0.3, 0.4) is 0 Å². The zero-order valence-electron chi connectivity index (χ0n) is 12.1. The van der Waals surface area contributed by atoms with Crippen LogP contribution in [0.15, 0.2) is 0 Å². The summed E-state index contributed by atoms with van der Waals surface area (Å²) in [5, 5.41) is 16.9. The molecule has 3 atom stereocenters. The summed E-state index contributed by atoms with van der Waals surface area (Å²) in [6, 6.07) is -1.40. The van der Waals surface area contributed by atoms with Gasteiger partial charge >= 0.3 is 0 Å². The molecule has 1 unspecified atom stereocenters. The molecule has 0 heterocycles. The molecule has 0 fully saturated rings. The average Bonchev–Trinajstić information content (AvgIpc) is 2.36. The number of nitrogens with one attached hydrogen (secondary N) is 3. The molecule has 19 heavy (non-hydrogen) atoms. The maximum absolute atomic E-state index is 12.0. The molecule has 0 aliphatic carbocycles. The quantitative estimate of drug-likeness (QED) is 0.346. The van der Waals surface area contributed by atoms with Crippen LogP contribution in [0, 0.1) is 5.92 Å². The Bertz CT molecular complexity index is 293. The van der Waals surface area contributed by atoms with Crippen molar-refractivity contribution in [1.82, 2.24) is 16.0 Å². The minimum atomic E-state index is -0.728. The molecule has 0 aromatic rings. The topological polar surface area (TPSA) is 116 Å². The first-order chi connectivity index (χ1) is 8.87. The molecule has 7 heteroatoms. The number of rotatable bonds is 8. The molecule has 0 spiro atoms. The second-order valence-electron chi connectivity index (χ2n) is 4.78. The zero-order chi connectivity index (χ0) is 15.0. The number of carbonyl (C=O) groups is 2. The molecule has 0 bridgehead atoms. The molecule has 112 valence electrons. The Morgan fingerprint density at radius 3 is 2.16 bits per heavy atom. The summed E-state index contributed by atoms with van der Waals surface area (Å²) in [6.07, 6.45) is 0.184. The predicted molar refractivity (Wildman–Crippen MR) is 73.1 cm³/mol. The molecular formula is C12H26N4O3. The highest BCUT2D eigenvalue weighted by Gasteiger charge is 2.27. The Morgan fingerprint density at radius 2 is 1.79 bits per heavy atom. The summed E-state index contributed by atoms with van der Waals surface area (Å²) < 4.78 is 0. The van der Waals surface area contributed by atoms with Gasteiger partial charge in [0.25, 0.3) is 0 Å². The van der Waals surface area contributed by atoms with E-state index in [1.165, 1.54) is 0 Å². The van der Waals surface area contributed by atoms with E-state index in [0.717, 1.165) is 0 Å². The van der Waals surface area contributed by atoms with Gasteiger partial charge < -0.3 is 26.8 Å². The molecular weight excluding hydrogens is 248 g/mol. The zero-order valence-corrected chi connectivity index (χ0v) is 12.1. The monoisotopic (exact) mass is 274 g/mol. The first-order valence-corrected chi connectivity index (χ1v) is 6.51. The van der Waals surface area contributed by atoms with E-state index in [9.17, 15) is 9.59 Å². The van der Waals surface area contributed by atoms with Crippen LogP contribution in [0.5, 0.6) is 0 Å². The highest BCUT2D eigenvalue weighted by atomic mass is 16.3. The van der Waals surface area contributed by atoms with Crippen molar-refractivity contribution in [2.45, 2.75) is 45.4 Å². The first-order valence-electron chi connectivity index (χ1n) is 6.51. The number of amides is 2. The maximum atomic E-state index is 12.0. The maximum Gasteiger partial charge on any atom is 0.244 e. The van der Waals surface area contributed by atoms with Crippen LogP contribution in [0.4, 0.5) is 0 Å². The number of nitrogens with two attached hydrogens (primary N) is 1. The molecule has 0 saturated heterocycles. The van der Waals surface area contributed by atoms with Gasteiger partial charge in [0.15, 0.2) is 0 Å². The fraction of sp³-hybridized carbons (Fsp3) is 0.833. The Hall–Kier alpha value is -1.18. The van der Waals surface area contributed by atoms with Crippen molar-refractivity contribution in [3.8, 4) is 0 Å². The van der Waals surface area contributed by atoms with Crippen molar-refractivity contribution < 1.29 is 14.7 Å². The average molecular weight is 274 g/mol. The van der Waals surface area contributed by atoms with Crippen molar-refractivity contribution in [2.75, 3.05) is 13.7 Å². The van der Waals surface area contributed by atoms with Gasteiger partial charge in [-0.05, 0) is 19.4 Å². The molecule has 0 radical (unpaired) electrons. The number of hydrogen-bond acceptors (Lipinski definition) is 5. The fourth-order valence-electron chi connectivity index (χ4n) is 1.47. The Balaban J connectivity index is 4.65. The van der Waals surface area contributed by atoms with Crippen LogP contribution in [-0.4, -0.2) is 48.8 Å². The van der Waals surface area contributed by atoms with E-state index in [2.05, 4.69) is 16.0 Å². The summed E-state index contributed by atoms with van der Waals surface area (Å²) >= 11 is 0. The van der Waals surface area contributed by atoms with E-state index in [-0.39, 0.29) is 18.4 Å². The molecule has 7 nitrogen and oxygen atoms in total. The summed E-state index contributed by atoms with van der Waals surface area (Å²) in [6.45, 7) is 5.19.